The van der Waals surface area contributed by atoms with E-state index in [-0.39, 0.29) is 11.3 Å². The number of alkyl halides is 2. The number of carbonyl (C=O) groups is 1. The SMILES string of the molecule is COc1cc2c(c(C(F)F)c1)CCC2=O. The monoisotopic (exact) mass is 212 g/mol. The van der Waals surface area contributed by atoms with Gasteiger partial charge in [-0.05, 0) is 24.1 Å². The van der Waals surface area contributed by atoms with Gasteiger partial charge in [0, 0.05) is 17.5 Å². The zero-order valence-corrected chi connectivity index (χ0v) is 8.22. The molecule has 1 aliphatic carbocycles. The molecule has 15 heavy (non-hydrogen) atoms. The molecule has 2 rings (SSSR count). The first-order valence-corrected chi connectivity index (χ1v) is 4.65. The summed E-state index contributed by atoms with van der Waals surface area (Å²) in [6.45, 7) is 0. The van der Waals surface area contributed by atoms with Crippen LogP contribution in [0, 0.1) is 0 Å². The highest BCUT2D eigenvalue weighted by atomic mass is 19.3. The van der Waals surface area contributed by atoms with Crippen LogP contribution in [-0.2, 0) is 6.42 Å². The fraction of sp³-hybridized carbons (Fsp3) is 0.364. The summed E-state index contributed by atoms with van der Waals surface area (Å²) < 4.78 is 30.3. The molecule has 1 aliphatic rings. The Balaban J connectivity index is 2.60. The Morgan fingerprint density at radius 2 is 2.07 bits per heavy atom. The van der Waals surface area contributed by atoms with Crippen molar-refractivity contribution in [3.05, 3.63) is 28.8 Å². The molecule has 80 valence electrons. The number of carbonyl (C=O) groups excluding carboxylic acids is 1. The van der Waals surface area contributed by atoms with Crippen LogP contribution in [0.5, 0.6) is 5.75 Å². The number of benzene rings is 1. The quantitative estimate of drug-likeness (QED) is 0.753. The maximum atomic E-state index is 12.7. The van der Waals surface area contributed by atoms with E-state index in [1.807, 2.05) is 0 Å². The molecule has 0 aromatic heterocycles. The minimum absolute atomic E-state index is 0.0739. The maximum Gasteiger partial charge on any atom is 0.264 e. The zero-order chi connectivity index (χ0) is 11.0. The van der Waals surface area contributed by atoms with E-state index >= 15 is 0 Å². The standard InChI is InChI=1S/C11H10F2O2/c1-15-6-4-8-7(2-3-10(8)14)9(5-6)11(12)13/h4-5,11H,2-3H2,1H3. The molecule has 0 radical (unpaired) electrons. The van der Waals surface area contributed by atoms with Crippen LogP contribution in [0.2, 0.25) is 0 Å². The van der Waals surface area contributed by atoms with Crippen molar-refractivity contribution in [3.63, 3.8) is 0 Å². The average molecular weight is 212 g/mol. The molecule has 0 saturated heterocycles. The van der Waals surface area contributed by atoms with E-state index in [1.54, 1.807) is 0 Å². The van der Waals surface area contributed by atoms with Crippen molar-refractivity contribution in [2.24, 2.45) is 0 Å². The van der Waals surface area contributed by atoms with E-state index in [2.05, 4.69) is 0 Å². The predicted octanol–water partition coefficient (Wildman–Crippen LogP) is 2.76. The van der Waals surface area contributed by atoms with Crippen molar-refractivity contribution < 1.29 is 18.3 Å². The summed E-state index contributed by atoms with van der Waals surface area (Å²) in [6.07, 6.45) is -1.82. The molecule has 0 aliphatic heterocycles. The van der Waals surface area contributed by atoms with Crippen LogP contribution >= 0.6 is 0 Å². The van der Waals surface area contributed by atoms with Gasteiger partial charge in [-0.2, -0.15) is 0 Å². The summed E-state index contributed by atoms with van der Waals surface area (Å²) in [5.41, 5.74) is 0.802. The molecule has 0 bridgehead atoms. The fourth-order valence-corrected chi connectivity index (χ4v) is 1.88. The second-order valence-electron chi connectivity index (χ2n) is 3.47. The van der Waals surface area contributed by atoms with E-state index in [0.717, 1.165) is 0 Å². The normalized spacial score (nSPS) is 14.5. The zero-order valence-electron chi connectivity index (χ0n) is 8.22. The number of methoxy groups -OCH3 is 1. The largest absolute Gasteiger partial charge is 0.497 e. The highest BCUT2D eigenvalue weighted by Gasteiger charge is 2.26. The van der Waals surface area contributed by atoms with Crippen LogP contribution < -0.4 is 4.74 Å². The molecular formula is C11H10F2O2. The molecule has 0 atom stereocenters. The van der Waals surface area contributed by atoms with Gasteiger partial charge >= 0.3 is 0 Å². The number of rotatable bonds is 2. The van der Waals surface area contributed by atoms with E-state index in [9.17, 15) is 13.6 Å². The molecule has 0 unspecified atom stereocenters. The number of hydrogen-bond acceptors (Lipinski definition) is 2. The average Bonchev–Trinajstić information content (AvgIpc) is 2.59. The van der Waals surface area contributed by atoms with Gasteiger partial charge in [0.05, 0.1) is 7.11 Å². The molecular weight excluding hydrogens is 202 g/mol. The minimum atomic E-state index is -2.56. The van der Waals surface area contributed by atoms with Crippen molar-refractivity contribution in [2.45, 2.75) is 19.3 Å². The molecule has 0 spiro atoms. The van der Waals surface area contributed by atoms with Crippen molar-refractivity contribution in [1.82, 2.24) is 0 Å². The van der Waals surface area contributed by atoms with Crippen LogP contribution in [0.3, 0.4) is 0 Å². The van der Waals surface area contributed by atoms with E-state index in [4.69, 9.17) is 4.74 Å². The summed E-state index contributed by atoms with van der Waals surface area (Å²) >= 11 is 0. The smallest absolute Gasteiger partial charge is 0.264 e. The van der Waals surface area contributed by atoms with Gasteiger partial charge in [0.1, 0.15) is 5.75 Å². The summed E-state index contributed by atoms with van der Waals surface area (Å²) in [6, 6.07) is 2.85. The topological polar surface area (TPSA) is 26.3 Å². The Kier molecular flexibility index (Phi) is 2.42. The maximum absolute atomic E-state index is 12.7. The third kappa shape index (κ3) is 1.60. The molecule has 0 fully saturated rings. The van der Waals surface area contributed by atoms with E-state index in [0.29, 0.717) is 29.7 Å². The molecule has 0 N–H and O–H groups in total. The van der Waals surface area contributed by atoms with Gasteiger partial charge in [0.15, 0.2) is 5.78 Å². The van der Waals surface area contributed by atoms with Gasteiger partial charge in [0.2, 0.25) is 0 Å². The first kappa shape index (κ1) is 10.1. The fourth-order valence-electron chi connectivity index (χ4n) is 1.88. The lowest BCUT2D eigenvalue weighted by atomic mass is 10.0. The Morgan fingerprint density at radius 3 is 2.67 bits per heavy atom. The van der Waals surface area contributed by atoms with Gasteiger partial charge < -0.3 is 4.74 Å². The molecule has 2 nitrogen and oxygen atoms in total. The van der Waals surface area contributed by atoms with Gasteiger partial charge in [-0.1, -0.05) is 0 Å². The molecule has 1 aromatic carbocycles. The van der Waals surface area contributed by atoms with E-state index < -0.39 is 6.43 Å². The first-order valence-electron chi connectivity index (χ1n) is 4.65. The van der Waals surface area contributed by atoms with Crippen molar-refractivity contribution in [1.29, 1.82) is 0 Å². The Morgan fingerprint density at radius 1 is 1.33 bits per heavy atom. The Labute approximate surface area is 85.9 Å². The van der Waals surface area contributed by atoms with Crippen LogP contribution in [-0.4, -0.2) is 12.9 Å². The number of Topliss-reactive ketones (excluding diaryl/α,β-unsaturated/α-hetero) is 1. The van der Waals surface area contributed by atoms with Gasteiger partial charge in [0.25, 0.3) is 6.43 Å². The van der Waals surface area contributed by atoms with Crippen molar-refractivity contribution >= 4 is 5.78 Å². The highest BCUT2D eigenvalue weighted by Crippen LogP contribution is 2.35. The molecule has 1 aromatic rings. The molecule has 0 saturated carbocycles. The third-order valence-electron chi connectivity index (χ3n) is 2.63. The third-order valence-corrected chi connectivity index (χ3v) is 2.63. The lowest BCUT2D eigenvalue weighted by Gasteiger charge is -2.09. The van der Waals surface area contributed by atoms with Crippen molar-refractivity contribution in [2.75, 3.05) is 7.11 Å². The number of ether oxygens (including phenoxy) is 1. The van der Waals surface area contributed by atoms with Gasteiger partial charge in [-0.25, -0.2) is 8.78 Å². The summed E-state index contributed by atoms with van der Waals surface area (Å²) in [7, 11) is 1.40. The molecule has 4 heteroatoms. The number of fused-ring (bicyclic) bond motifs is 1. The first-order chi connectivity index (χ1) is 7.13. The van der Waals surface area contributed by atoms with Crippen LogP contribution in [0.25, 0.3) is 0 Å². The van der Waals surface area contributed by atoms with Crippen LogP contribution in [0.15, 0.2) is 12.1 Å². The van der Waals surface area contributed by atoms with E-state index in [1.165, 1.54) is 19.2 Å². The summed E-state index contributed by atoms with van der Waals surface area (Å²) in [5, 5.41) is 0. The second kappa shape index (κ2) is 3.61. The highest BCUT2D eigenvalue weighted by molar-refractivity contribution is 6.01. The number of hydrogen-bond donors (Lipinski definition) is 0. The van der Waals surface area contributed by atoms with Crippen LogP contribution in [0.1, 0.15) is 34.3 Å². The molecule has 0 heterocycles. The van der Waals surface area contributed by atoms with Crippen LogP contribution in [0.4, 0.5) is 8.78 Å². The van der Waals surface area contributed by atoms with Gasteiger partial charge in [-0.3, -0.25) is 4.79 Å². The number of ketones is 1. The Bertz CT molecular complexity index is 413. The predicted molar refractivity (Wildman–Crippen MR) is 50.6 cm³/mol. The summed E-state index contributed by atoms with van der Waals surface area (Å²) in [4.78, 5) is 11.4. The summed E-state index contributed by atoms with van der Waals surface area (Å²) in [5.74, 6) is 0.241. The second-order valence-corrected chi connectivity index (χ2v) is 3.47. The Hall–Kier alpha value is -1.45. The number of halogens is 2. The van der Waals surface area contributed by atoms with Gasteiger partial charge in [-0.15, -0.1) is 0 Å². The lowest BCUT2D eigenvalue weighted by Crippen LogP contribution is -1.98. The molecule has 0 amide bonds. The minimum Gasteiger partial charge on any atom is -0.497 e. The lowest BCUT2D eigenvalue weighted by molar-refractivity contribution is 0.0994. The van der Waals surface area contributed by atoms with Crippen molar-refractivity contribution in [3.8, 4) is 5.75 Å².